The van der Waals surface area contributed by atoms with Gasteiger partial charge < -0.3 is 15.8 Å². The summed E-state index contributed by atoms with van der Waals surface area (Å²) in [6.45, 7) is 3.73. The van der Waals surface area contributed by atoms with Gasteiger partial charge in [-0.25, -0.2) is 0 Å². The zero-order valence-corrected chi connectivity index (χ0v) is 14.4. The van der Waals surface area contributed by atoms with Crippen molar-refractivity contribution in [2.75, 3.05) is 20.2 Å². The molecule has 6 heteroatoms. The molecular weight excluding hydrogens is 357 g/mol. The molecule has 0 fully saturated rings. The largest absolute Gasteiger partial charge is 0.469 e. The zero-order chi connectivity index (χ0) is 13.6. The van der Waals surface area contributed by atoms with E-state index in [1.807, 2.05) is 0 Å². The van der Waals surface area contributed by atoms with Gasteiger partial charge in [-0.3, -0.25) is 9.79 Å². The maximum absolute atomic E-state index is 10.8. The van der Waals surface area contributed by atoms with Crippen LogP contribution >= 0.6 is 24.0 Å². The van der Waals surface area contributed by atoms with Crippen molar-refractivity contribution >= 4 is 35.9 Å². The fourth-order valence-electron chi connectivity index (χ4n) is 1.53. The number of rotatable bonds is 10. The van der Waals surface area contributed by atoms with Crippen LogP contribution < -0.4 is 11.1 Å². The van der Waals surface area contributed by atoms with Crippen molar-refractivity contribution in [2.24, 2.45) is 10.7 Å². The number of halogens is 1. The highest BCUT2D eigenvalue weighted by molar-refractivity contribution is 14.0. The van der Waals surface area contributed by atoms with Crippen molar-refractivity contribution < 1.29 is 9.53 Å². The molecule has 3 N–H and O–H groups in total. The fourth-order valence-corrected chi connectivity index (χ4v) is 1.53. The van der Waals surface area contributed by atoms with Crippen molar-refractivity contribution in [1.82, 2.24) is 5.32 Å². The van der Waals surface area contributed by atoms with Crippen LogP contribution in [0.25, 0.3) is 0 Å². The fraction of sp³-hybridized carbons (Fsp3) is 0.846. The Morgan fingerprint density at radius 2 is 1.84 bits per heavy atom. The lowest BCUT2D eigenvalue weighted by Gasteiger charge is -2.05. The van der Waals surface area contributed by atoms with Crippen LogP contribution in [0.4, 0.5) is 0 Å². The number of hydrogen-bond acceptors (Lipinski definition) is 3. The molecule has 0 aliphatic carbocycles. The minimum Gasteiger partial charge on any atom is -0.469 e. The number of guanidine groups is 1. The van der Waals surface area contributed by atoms with E-state index < -0.39 is 0 Å². The molecule has 0 aliphatic rings. The van der Waals surface area contributed by atoms with Crippen LogP contribution in [-0.2, 0) is 9.53 Å². The lowest BCUT2D eigenvalue weighted by molar-refractivity contribution is -0.140. The van der Waals surface area contributed by atoms with Crippen LogP contribution in [0.15, 0.2) is 4.99 Å². The highest BCUT2D eigenvalue weighted by Gasteiger charge is 1.99. The summed E-state index contributed by atoms with van der Waals surface area (Å²) in [5, 5.41) is 3.09. The molecule has 19 heavy (non-hydrogen) atoms. The van der Waals surface area contributed by atoms with Gasteiger partial charge in [-0.15, -0.1) is 24.0 Å². The second kappa shape index (κ2) is 15.5. The molecule has 114 valence electrons. The van der Waals surface area contributed by atoms with Gasteiger partial charge in [-0.1, -0.05) is 26.2 Å². The molecular formula is C13H28IN3O2. The number of carbonyl (C=O) groups is 1. The van der Waals surface area contributed by atoms with E-state index in [-0.39, 0.29) is 29.9 Å². The minimum atomic E-state index is -0.114. The molecule has 0 aromatic heterocycles. The highest BCUT2D eigenvalue weighted by Crippen LogP contribution is 2.05. The van der Waals surface area contributed by atoms with Crippen LogP contribution in [0.2, 0.25) is 0 Å². The van der Waals surface area contributed by atoms with Crippen LogP contribution in [0.1, 0.15) is 51.9 Å². The molecule has 0 aliphatic heterocycles. The Morgan fingerprint density at radius 1 is 1.21 bits per heavy atom. The number of carbonyl (C=O) groups excluding carboxylic acids is 1. The number of nitrogens with one attached hydrogen (secondary N) is 1. The van der Waals surface area contributed by atoms with Gasteiger partial charge >= 0.3 is 5.97 Å². The first kappa shape index (κ1) is 20.8. The molecule has 0 atom stereocenters. The van der Waals surface area contributed by atoms with E-state index in [1.54, 1.807) is 0 Å². The maximum Gasteiger partial charge on any atom is 0.305 e. The Morgan fingerprint density at radius 3 is 2.47 bits per heavy atom. The second-order valence-corrected chi connectivity index (χ2v) is 4.29. The summed E-state index contributed by atoms with van der Waals surface area (Å²) in [5.41, 5.74) is 5.66. The van der Waals surface area contributed by atoms with Crippen molar-refractivity contribution in [3.8, 4) is 0 Å². The summed E-state index contributed by atoms with van der Waals surface area (Å²) in [7, 11) is 1.43. The molecule has 0 saturated heterocycles. The predicted octanol–water partition coefficient (Wildman–Crippen LogP) is 2.43. The van der Waals surface area contributed by atoms with Crippen LogP contribution in [0.3, 0.4) is 0 Å². The topological polar surface area (TPSA) is 76.7 Å². The van der Waals surface area contributed by atoms with Crippen molar-refractivity contribution in [3.63, 3.8) is 0 Å². The Balaban J connectivity index is 0. The Labute approximate surface area is 133 Å². The van der Waals surface area contributed by atoms with Crippen LogP contribution in [0.5, 0.6) is 0 Å². The monoisotopic (exact) mass is 385 g/mol. The third kappa shape index (κ3) is 15.4. The lowest BCUT2D eigenvalue weighted by atomic mass is 10.1. The number of nitrogens with zero attached hydrogens (tertiary/aromatic N) is 1. The van der Waals surface area contributed by atoms with Crippen molar-refractivity contribution in [1.29, 1.82) is 0 Å². The van der Waals surface area contributed by atoms with Gasteiger partial charge in [0, 0.05) is 19.5 Å². The average molecular weight is 385 g/mol. The quantitative estimate of drug-likeness (QED) is 0.199. The highest BCUT2D eigenvalue weighted by atomic mass is 127. The second-order valence-electron chi connectivity index (χ2n) is 4.29. The Bertz CT molecular complexity index is 248. The van der Waals surface area contributed by atoms with E-state index in [4.69, 9.17) is 5.73 Å². The van der Waals surface area contributed by atoms with Gasteiger partial charge in [0.1, 0.15) is 0 Å². The van der Waals surface area contributed by atoms with E-state index in [0.717, 1.165) is 51.6 Å². The van der Waals surface area contributed by atoms with Crippen LogP contribution in [-0.4, -0.2) is 32.1 Å². The van der Waals surface area contributed by atoms with E-state index in [1.165, 1.54) is 7.11 Å². The molecule has 0 bridgehead atoms. The first-order chi connectivity index (χ1) is 8.70. The van der Waals surface area contributed by atoms with Crippen molar-refractivity contribution in [3.05, 3.63) is 0 Å². The molecule has 0 unspecified atom stereocenters. The summed E-state index contributed by atoms with van der Waals surface area (Å²) in [6.07, 6.45) is 6.92. The molecule has 5 nitrogen and oxygen atoms in total. The molecule has 0 heterocycles. The summed E-state index contributed by atoms with van der Waals surface area (Å²) in [6, 6.07) is 0. The molecule has 0 radical (unpaired) electrons. The van der Waals surface area contributed by atoms with Crippen molar-refractivity contribution in [2.45, 2.75) is 51.9 Å². The molecule has 0 spiro atoms. The molecule has 0 amide bonds. The zero-order valence-electron chi connectivity index (χ0n) is 12.1. The minimum absolute atomic E-state index is 0. The SMILES string of the molecule is CCCN=C(N)NCCCCCCCC(=O)OC.I. The third-order valence-electron chi connectivity index (χ3n) is 2.60. The van der Waals surface area contributed by atoms with Gasteiger partial charge in [-0.05, 0) is 19.3 Å². The Kier molecular flexibility index (Phi) is 17.0. The number of esters is 1. The van der Waals surface area contributed by atoms with Gasteiger partial charge in [-0.2, -0.15) is 0 Å². The van der Waals surface area contributed by atoms with Crippen LogP contribution in [0, 0.1) is 0 Å². The summed E-state index contributed by atoms with van der Waals surface area (Å²) >= 11 is 0. The number of methoxy groups -OCH3 is 1. The van der Waals surface area contributed by atoms with E-state index >= 15 is 0 Å². The lowest BCUT2D eigenvalue weighted by Crippen LogP contribution is -2.32. The van der Waals surface area contributed by atoms with Gasteiger partial charge in [0.2, 0.25) is 0 Å². The normalized spacial score (nSPS) is 10.7. The van der Waals surface area contributed by atoms with E-state index in [9.17, 15) is 4.79 Å². The number of unbranched alkanes of at least 4 members (excludes halogenated alkanes) is 4. The maximum atomic E-state index is 10.8. The summed E-state index contributed by atoms with van der Waals surface area (Å²) < 4.78 is 4.58. The van der Waals surface area contributed by atoms with Gasteiger partial charge in [0.05, 0.1) is 7.11 Å². The average Bonchev–Trinajstić information content (AvgIpc) is 2.38. The standard InChI is InChI=1S/C13H27N3O2.HI/c1-3-10-15-13(14)16-11-8-6-4-5-7-9-12(17)18-2;/h3-11H2,1-2H3,(H3,14,15,16);1H. The number of ether oxygens (including phenoxy) is 1. The number of nitrogens with two attached hydrogens (primary N) is 1. The number of hydrogen-bond donors (Lipinski definition) is 2. The van der Waals surface area contributed by atoms with Gasteiger partial charge in [0.15, 0.2) is 5.96 Å². The first-order valence-corrected chi connectivity index (χ1v) is 6.81. The molecule has 0 aromatic carbocycles. The molecule has 0 rings (SSSR count). The predicted molar refractivity (Wildman–Crippen MR) is 89.9 cm³/mol. The smallest absolute Gasteiger partial charge is 0.305 e. The third-order valence-corrected chi connectivity index (χ3v) is 2.60. The molecule has 0 aromatic rings. The summed E-state index contributed by atoms with van der Waals surface area (Å²) in [4.78, 5) is 15.0. The number of aliphatic imine (C=N–C) groups is 1. The molecule has 0 saturated carbocycles. The van der Waals surface area contributed by atoms with E-state index in [2.05, 4.69) is 22.0 Å². The Hall–Kier alpha value is -0.530. The van der Waals surface area contributed by atoms with E-state index in [0.29, 0.717) is 12.4 Å². The first-order valence-electron chi connectivity index (χ1n) is 6.81. The summed E-state index contributed by atoms with van der Waals surface area (Å²) in [5.74, 6) is 0.430. The van der Waals surface area contributed by atoms with Gasteiger partial charge in [0.25, 0.3) is 0 Å².